The van der Waals surface area contributed by atoms with E-state index in [2.05, 4.69) is 15.6 Å². The van der Waals surface area contributed by atoms with E-state index in [1.165, 1.54) is 29.2 Å². The van der Waals surface area contributed by atoms with Crippen LogP contribution in [0.15, 0.2) is 67.7 Å². The Balaban J connectivity index is 2.05. The van der Waals surface area contributed by atoms with Crippen molar-refractivity contribution >= 4 is 48.7 Å². The number of amides is 2. The van der Waals surface area contributed by atoms with Gasteiger partial charge in [0.15, 0.2) is 21.1 Å². The Hall–Kier alpha value is -4.35. The minimum Gasteiger partial charge on any atom is -0.453 e. The average Bonchev–Trinajstić information content (AvgIpc) is 3.01. The van der Waals surface area contributed by atoms with Crippen LogP contribution in [0.5, 0.6) is 0 Å². The summed E-state index contributed by atoms with van der Waals surface area (Å²) < 4.78 is 78.0. The molecule has 6 N–H and O–H groups in total. The van der Waals surface area contributed by atoms with Crippen LogP contribution in [0.2, 0.25) is 0 Å². The van der Waals surface area contributed by atoms with Crippen LogP contribution in [-0.2, 0) is 25.0 Å². The lowest BCUT2D eigenvalue weighted by molar-refractivity contribution is -0.121. The van der Waals surface area contributed by atoms with E-state index in [1.54, 1.807) is 45.2 Å². The molecule has 16 heteroatoms. The highest BCUT2D eigenvalue weighted by molar-refractivity contribution is 7.86. The molecule has 2 amide bonds. The first-order chi connectivity index (χ1) is 22.2. The van der Waals surface area contributed by atoms with Crippen LogP contribution in [0, 0.1) is 0 Å². The van der Waals surface area contributed by atoms with Crippen LogP contribution in [0.4, 0.5) is 5.69 Å². The smallest absolute Gasteiger partial charge is 0.300 e. The van der Waals surface area contributed by atoms with Gasteiger partial charge in [-0.1, -0.05) is 18.2 Å². The molecule has 1 aliphatic heterocycles. The Morgan fingerprint density at radius 3 is 2.30 bits per heavy atom. The van der Waals surface area contributed by atoms with Gasteiger partial charge >= 0.3 is 0 Å². The second kappa shape index (κ2) is 14.6. The first-order valence-electron chi connectivity index (χ1n) is 14.8. The number of anilines is 1. The van der Waals surface area contributed by atoms with Crippen molar-refractivity contribution in [3.8, 4) is 22.5 Å². The summed E-state index contributed by atoms with van der Waals surface area (Å²) in [5, 5.41) is 5.54. The van der Waals surface area contributed by atoms with Gasteiger partial charge in [-0.15, -0.1) is 0 Å². The summed E-state index contributed by atoms with van der Waals surface area (Å²) in [6.07, 6.45) is 0.536. The summed E-state index contributed by atoms with van der Waals surface area (Å²) in [7, 11) is -8.43. The maximum Gasteiger partial charge on any atom is 0.300 e. The molecular weight excluding hydrogens is 651 g/mol. The number of nitrogens with two attached hydrogens (primary N) is 1. The fourth-order valence-corrected chi connectivity index (χ4v) is 6.94. The van der Waals surface area contributed by atoms with Gasteiger partial charge in [-0.2, -0.15) is 16.8 Å². The summed E-state index contributed by atoms with van der Waals surface area (Å²) in [6, 6.07) is 12.3. The third-order valence-corrected chi connectivity index (χ3v) is 9.13. The number of benzene rings is 3. The zero-order valence-corrected chi connectivity index (χ0v) is 27.7. The zero-order valence-electron chi connectivity index (χ0n) is 26.1. The minimum atomic E-state index is -5.01. The largest absolute Gasteiger partial charge is 0.453 e. The topological polar surface area (TPSA) is 222 Å². The minimum absolute atomic E-state index is 0.0149. The molecule has 14 nitrogen and oxygen atoms in total. The highest BCUT2D eigenvalue weighted by Crippen LogP contribution is 2.46. The predicted molar refractivity (Wildman–Crippen MR) is 176 cm³/mol. The van der Waals surface area contributed by atoms with E-state index in [4.69, 9.17) is 10.2 Å². The zero-order chi connectivity index (χ0) is 34.5. The van der Waals surface area contributed by atoms with Crippen molar-refractivity contribution < 1.29 is 39.9 Å². The number of hydrogen-bond acceptors (Lipinski definition) is 10. The van der Waals surface area contributed by atoms with Gasteiger partial charge in [0.05, 0.1) is 11.0 Å². The van der Waals surface area contributed by atoms with Crippen molar-refractivity contribution in [3.05, 3.63) is 59.5 Å². The van der Waals surface area contributed by atoms with Crippen LogP contribution < -0.4 is 21.7 Å². The molecular formula is C31H37N5O9S2. The fraction of sp³-hybridized carbons (Fsp3) is 0.323. The molecule has 0 aromatic heterocycles. The third-order valence-electron chi connectivity index (χ3n) is 7.30. The van der Waals surface area contributed by atoms with E-state index in [0.29, 0.717) is 19.5 Å². The molecule has 0 unspecified atom stereocenters. The van der Waals surface area contributed by atoms with Gasteiger partial charge in [0.1, 0.15) is 0 Å². The molecule has 2 aromatic carbocycles. The van der Waals surface area contributed by atoms with Crippen LogP contribution in [0.3, 0.4) is 0 Å². The number of nitrogens with zero attached hydrogens (tertiary/aromatic N) is 2. The van der Waals surface area contributed by atoms with Crippen molar-refractivity contribution in [3.63, 3.8) is 0 Å². The molecule has 0 bridgehead atoms. The molecule has 2 aliphatic rings. The van der Waals surface area contributed by atoms with E-state index < -0.39 is 47.3 Å². The van der Waals surface area contributed by atoms with Crippen molar-refractivity contribution in [2.24, 2.45) is 10.7 Å². The molecule has 0 saturated carbocycles. The van der Waals surface area contributed by atoms with Crippen LogP contribution in [0.1, 0.15) is 37.0 Å². The highest BCUT2D eigenvalue weighted by Gasteiger charge is 2.32. The second-order valence-electron chi connectivity index (χ2n) is 10.6. The number of fused-ring (bicyclic) bond motifs is 2. The summed E-state index contributed by atoms with van der Waals surface area (Å²) >= 11 is 0. The molecule has 1 heterocycles. The predicted octanol–water partition coefficient (Wildman–Crippen LogP) is 2.98. The number of hydrogen-bond donors (Lipinski definition) is 5. The normalized spacial score (nSPS) is 12.4. The molecule has 0 spiro atoms. The van der Waals surface area contributed by atoms with Crippen molar-refractivity contribution in [1.29, 1.82) is 0 Å². The van der Waals surface area contributed by atoms with Gasteiger partial charge in [-0.3, -0.25) is 23.7 Å². The van der Waals surface area contributed by atoms with Crippen molar-refractivity contribution in [1.82, 2.24) is 10.2 Å². The number of nitrogens with one attached hydrogen (secondary N) is 2. The Kier molecular flexibility index (Phi) is 11.0. The van der Waals surface area contributed by atoms with E-state index >= 15 is 0 Å². The van der Waals surface area contributed by atoms with Crippen molar-refractivity contribution in [2.45, 2.75) is 36.5 Å². The molecule has 47 heavy (non-hydrogen) atoms. The van der Waals surface area contributed by atoms with E-state index in [0.717, 1.165) is 0 Å². The van der Waals surface area contributed by atoms with Gasteiger partial charge in [0.2, 0.25) is 5.91 Å². The van der Waals surface area contributed by atoms with Gasteiger partial charge in [-0.25, -0.2) is 0 Å². The van der Waals surface area contributed by atoms with Crippen LogP contribution in [-0.4, -0.2) is 82.4 Å². The Morgan fingerprint density at radius 1 is 0.957 bits per heavy atom. The third kappa shape index (κ3) is 7.63. The molecule has 1 aliphatic carbocycles. The number of carbonyl (C=O) groups is 2. The van der Waals surface area contributed by atoms with Crippen LogP contribution >= 0.6 is 0 Å². The van der Waals surface area contributed by atoms with Crippen molar-refractivity contribution in [2.75, 3.05) is 45.1 Å². The standard InChI is InChI=1S/C31H37N5O9S2/c1-4-33-23-14-12-21-26(19-9-6-7-10-20(19)31(38)36(3)18-8-11-25(37)35-17-16-32)22-13-15-24(34-5-2)30(47(42,43)44)28(22)45-27(21)29(23)46(39,40)41/h6-7,9-10,12-15,33H,4-5,8,11,16-18,32H2,1-3H3,(H,35,37)(H,39,40,41)(H,42,43,44). The van der Waals surface area contributed by atoms with E-state index in [1.807, 2.05) is 0 Å². The molecule has 4 rings (SSSR count). The monoisotopic (exact) mass is 687 g/mol. The molecule has 252 valence electrons. The van der Waals surface area contributed by atoms with E-state index in [9.17, 15) is 35.5 Å². The summed E-state index contributed by atoms with van der Waals surface area (Å²) in [5.74, 6) is -1.06. The molecule has 0 radical (unpaired) electrons. The first-order valence-corrected chi connectivity index (χ1v) is 17.7. The summed E-state index contributed by atoms with van der Waals surface area (Å²) in [5.41, 5.74) is 5.79. The maximum atomic E-state index is 13.9. The lowest BCUT2D eigenvalue weighted by Gasteiger charge is -2.23. The molecule has 0 saturated heterocycles. The number of rotatable bonds is 13. The number of carbonyl (C=O) groups excluding carboxylic acids is 2. The quantitative estimate of drug-likeness (QED) is 0.102. The van der Waals surface area contributed by atoms with Gasteiger partial charge in [-0.05, 0) is 56.2 Å². The fourth-order valence-electron chi connectivity index (χ4n) is 5.35. The Labute approximate surface area is 272 Å². The maximum absolute atomic E-state index is 13.9. The molecule has 2 aromatic rings. The van der Waals surface area contributed by atoms with Gasteiger partial charge < -0.3 is 25.7 Å². The lowest BCUT2D eigenvalue weighted by atomic mass is 9.90. The summed E-state index contributed by atoms with van der Waals surface area (Å²) in [4.78, 5) is 30.1. The summed E-state index contributed by atoms with van der Waals surface area (Å²) in [6.45, 7) is 4.65. The Bertz CT molecular complexity index is 2080. The van der Waals surface area contributed by atoms with Gasteiger partial charge in [0.25, 0.3) is 26.1 Å². The van der Waals surface area contributed by atoms with Gasteiger partial charge in [0, 0.05) is 68.3 Å². The second-order valence-corrected chi connectivity index (χ2v) is 13.3. The lowest BCUT2D eigenvalue weighted by Crippen LogP contribution is -2.31. The van der Waals surface area contributed by atoms with Crippen LogP contribution in [0.25, 0.3) is 33.4 Å². The molecule has 0 fully saturated rings. The Morgan fingerprint density at radius 2 is 1.66 bits per heavy atom. The highest BCUT2D eigenvalue weighted by atomic mass is 32.2. The first kappa shape index (κ1) is 35.5. The van der Waals surface area contributed by atoms with E-state index in [-0.39, 0.29) is 70.6 Å². The molecule has 0 atom stereocenters. The average molecular weight is 688 g/mol. The SMILES string of the molecule is CCN=c1ccc2c(-c3ccccc3C(=O)N(C)CCCC(=O)NCCN)c3ccc(NCC)c(S(=O)(=O)O)c3oc-2c1S(=O)(=O)O.